The van der Waals surface area contributed by atoms with E-state index in [9.17, 15) is 13.9 Å². The van der Waals surface area contributed by atoms with Gasteiger partial charge in [-0.2, -0.15) is 0 Å². The van der Waals surface area contributed by atoms with Gasteiger partial charge in [-0.25, -0.2) is 13.8 Å². The number of likely N-dealkylation sites (tertiary alicyclic amines) is 1. The summed E-state index contributed by atoms with van der Waals surface area (Å²) in [6, 6.07) is 3.73. The molecule has 4 rings (SSSR count). The molecule has 2 atom stereocenters. The predicted octanol–water partition coefficient (Wildman–Crippen LogP) is 3.14. The molecule has 122 valence electrons. The molecule has 0 spiro atoms. The van der Waals surface area contributed by atoms with E-state index in [-0.39, 0.29) is 6.04 Å². The fourth-order valence-electron chi connectivity index (χ4n) is 3.25. The normalized spacial score (nSPS) is 25.2. The summed E-state index contributed by atoms with van der Waals surface area (Å²) in [5.74, 6) is 0.303. The number of aliphatic hydroxyl groups excluding tert-OH is 1. The molecular formula is C17H18F2N2O2. The second-order valence-corrected chi connectivity index (χ2v) is 6.44. The van der Waals surface area contributed by atoms with Gasteiger partial charge in [0, 0.05) is 18.5 Å². The Morgan fingerprint density at radius 1 is 1.26 bits per heavy atom. The zero-order valence-electron chi connectivity index (χ0n) is 12.6. The van der Waals surface area contributed by atoms with Crippen LogP contribution in [0.1, 0.15) is 48.4 Å². The molecule has 6 heteroatoms. The number of oxazole rings is 1. The number of hydrogen-bond donors (Lipinski definition) is 1. The zero-order valence-corrected chi connectivity index (χ0v) is 12.6. The van der Waals surface area contributed by atoms with E-state index in [1.54, 1.807) is 12.3 Å². The van der Waals surface area contributed by atoms with Crippen LogP contribution in [-0.4, -0.2) is 27.6 Å². The van der Waals surface area contributed by atoms with Crippen molar-refractivity contribution in [2.45, 2.75) is 43.9 Å². The highest BCUT2D eigenvalue weighted by Crippen LogP contribution is 2.40. The summed E-state index contributed by atoms with van der Waals surface area (Å²) in [7, 11) is 0. The molecule has 23 heavy (non-hydrogen) atoms. The molecule has 0 amide bonds. The molecule has 2 aromatic rings. The third kappa shape index (κ3) is 3.01. The molecule has 1 saturated carbocycles. The van der Waals surface area contributed by atoms with Crippen LogP contribution in [0.5, 0.6) is 0 Å². The fourth-order valence-corrected chi connectivity index (χ4v) is 3.25. The average molecular weight is 320 g/mol. The first-order valence-corrected chi connectivity index (χ1v) is 7.92. The Kier molecular flexibility index (Phi) is 3.66. The highest BCUT2D eigenvalue weighted by atomic mass is 19.2. The lowest BCUT2D eigenvalue weighted by molar-refractivity contribution is 0.166. The number of hydrogen-bond acceptors (Lipinski definition) is 4. The Bertz CT molecular complexity index is 714. The van der Waals surface area contributed by atoms with Crippen molar-refractivity contribution in [1.82, 2.24) is 9.88 Å². The first-order valence-electron chi connectivity index (χ1n) is 7.92. The largest absolute Gasteiger partial charge is 0.444 e. The third-order valence-electron chi connectivity index (χ3n) is 4.60. The lowest BCUT2D eigenvalue weighted by atomic mass is 10.0. The highest BCUT2D eigenvalue weighted by Gasteiger charge is 2.34. The van der Waals surface area contributed by atoms with Crippen LogP contribution in [0.3, 0.4) is 0 Å². The van der Waals surface area contributed by atoms with Gasteiger partial charge >= 0.3 is 0 Å². The molecule has 0 unspecified atom stereocenters. The Morgan fingerprint density at radius 2 is 2.09 bits per heavy atom. The predicted molar refractivity (Wildman–Crippen MR) is 78.6 cm³/mol. The van der Waals surface area contributed by atoms with E-state index >= 15 is 0 Å². The molecule has 1 aliphatic carbocycles. The maximum absolute atomic E-state index is 13.5. The number of halogens is 2. The SMILES string of the molecule is O[C@H]1C[C@H](c2ccc(F)c(F)c2)N(Cc2ncc(C3CC3)o2)C1. The molecule has 2 aliphatic rings. The topological polar surface area (TPSA) is 49.5 Å². The molecule has 1 N–H and O–H groups in total. The fraction of sp³-hybridized carbons (Fsp3) is 0.471. The third-order valence-corrected chi connectivity index (χ3v) is 4.60. The number of nitrogens with zero attached hydrogens (tertiary/aromatic N) is 2. The summed E-state index contributed by atoms with van der Waals surface area (Å²) in [5, 5.41) is 9.98. The molecule has 2 fully saturated rings. The van der Waals surface area contributed by atoms with Crippen molar-refractivity contribution in [3.05, 3.63) is 53.2 Å². The number of aliphatic hydroxyl groups is 1. The first-order chi connectivity index (χ1) is 11.1. The first kappa shape index (κ1) is 14.8. The monoisotopic (exact) mass is 320 g/mol. The van der Waals surface area contributed by atoms with Crippen LogP contribution in [0.2, 0.25) is 0 Å². The van der Waals surface area contributed by atoms with Crippen LogP contribution in [0.4, 0.5) is 8.78 Å². The standard InChI is InChI=1S/C17H18F2N2O2/c18-13-4-3-11(5-14(13)19)15-6-12(22)8-21(15)9-17-20-7-16(23-17)10-1-2-10/h3-5,7,10,12,15,22H,1-2,6,8-9H2/t12-,15+/m0/s1. The van der Waals surface area contributed by atoms with E-state index in [0.717, 1.165) is 24.7 Å². The minimum Gasteiger partial charge on any atom is -0.444 e. The van der Waals surface area contributed by atoms with E-state index in [1.165, 1.54) is 6.07 Å². The maximum atomic E-state index is 13.5. The van der Waals surface area contributed by atoms with Gasteiger partial charge in [-0.3, -0.25) is 4.90 Å². The molecule has 1 aromatic heterocycles. The van der Waals surface area contributed by atoms with E-state index in [2.05, 4.69) is 4.98 Å². The number of benzene rings is 1. The molecular weight excluding hydrogens is 302 g/mol. The van der Waals surface area contributed by atoms with Crippen LogP contribution in [0.15, 0.2) is 28.8 Å². The summed E-state index contributed by atoms with van der Waals surface area (Å²) in [5.41, 5.74) is 0.662. The average Bonchev–Trinajstić information content (AvgIpc) is 3.16. The Labute approximate surface area is 132 Å². The maximum Gasteiger partial charge on any atom is 0.208 e. The Balaban J connectivity index is 1.53. The van der Waals surface area contributed by atoms with E-state index < -0.39 is 17.7 Å². The molecule has 1 aromatic carbocycles. The van der Waals surface area contributed by atoms with Crippen LogP contribution >= 0.6 is 0 Å². The van der Waals surface area contributed by atoms with E-state index in [1.807, 2.05) is 4.90 Å². The van der Waals surface area contributed by atoms with Crippen molar-refractivity contribution in [2.24, 2.45) is 0 Å². The summed E-state index contributed by atoms with van der Waals surface area (Å²) in [6.45, 7) is 0.915. The van der Waals surface area contributed by atoms with Crippen molar-refractivity contribution in [2.75, 3.05) is 6.54 Å². The van der Waals surface area contributed by atoms with Crippen molar-refractivity contribution >= 4 is 0 Å². The zero-order chi connectivity index (χ0) is 16.0. The smallest absolute Gasteiger partial charge is 0.208 e. The Hall–Kier alpha value is -1.79. The minimum absolute atomic E-state index is 0.170. The van der Waals surface area contributed by atoms with E-state index in [4.69, 9.17) is 4.42 Å². The van der Waals surface area contributed by atoms with Crippen LogP contribution in [0.25, 0.3) is 0 Å². The van der Waals surface area contributed by atoms with Crippen LogP contribution < -0.4 is 0 Å². The van der Waals surface area contributed by atoms with Crippen LogP contribution in [0, 0.1) is 11.6 Å². The summed E-state index contributed by atoms with van der Waals surface area (Å²) < 4.78 is 32.4. The van der Waals surface area contributed by atoms with Gasteiger partial charge in [0.1, 0.15) is 5.76 Å². The quantitative estimate of drug-likeness (QED) is 0.940. The van der Waals surface area contributed by atoms with Gasteiger partial charge < -0.3 is 9.52 Å². The number of rotatable bonds is 4. The molecule has 4 nitrogen and oxygen atoms in total. The summed E-state index contributed by atoms with van der Waals surface area (Å²) >= 11 is 0. The van der Waals surface area contributed by atoms with Gasteiger partial charge in [-0.05, 0) is 37.0 Å². The molecule has 1 aliphatic heterocycles. The molecule has 0 bridgehead atoms. The summed E-state index contributed by atoms with van der Waals surface area (Å²) in [4.78, 5) is 6.30. The minimum atomic E-state index is -0.865. The second kappa shape index (κ2) is 5.69. The molecule has 2 heterocycles. The van der Waals surface area contributed by atoms with E-state index in [0.29, 0.717) is 36.9 Å². The lowest BCUT2D eigenvalue weighted by Gasteiger charge is -2.23. The van der Waals surface area contributed by atoms with Crippen molar-refractivity contribution < 1.29 is 18.3 Å². The summed E-state index contributed by atoms with van der Waals surface area (Å²) in [6.07, 6.45) is 4.06. The van der Waals surface area contributed by atoms with Gasteiger partial charge in [-0.1, -0.05) is 6.07 Å². The van der Waals surface area contributed by atoms with Crippen LogP contribution in [-0.2, 0) is 6.54 Å². The lowest BCUT2D eigenvalue weighted by Crippen LogP contribution is -2.24. The van der Waals surface area contributed by atoms with Gasteiger partial charge in [0.2, 0.25) is 5.89 Å². The van der Waals surface area contributed by atoms with Gasteiger partial charge in [0.05, 0.1) is 18.8 Å². The molecule has 0 radical (unpaired) electrons. The van der Waals surface area contributed by atoms with Crippen molar-refractivity contribution in [1.29, 1.82) is 0 Å². The number of aromatic nitrogens is 1. The van der Waals surface area contributed by atoms with Crippen molar-refractivity contribution in [3.8, 4) is 0 Å². The van der Waals surface area contributed by atoms with Gasteiger partial charge in [0.15, 0.2) is 11.6 Å². The Morgan fingerprint density at radius 3 is 2.83 bits per heavy atom. The van der Waals surface area contributed by atoms with Gasteiger partial charge in [-0.15, -0.1) is 0 Å². The van der Waals surface area contributed by atoms with Crippen molar-refractivity contribution in [3.63, 3.8) is 0 Å². The number of β-amino-alcohol motifs (C(OH)–C–C–N with tert-alkyl or cyclic N) is 1. The molecule has 1 saturated heterocycles. The van der Waals surface area contributed by atoms with Gasteiger partial charge in [0.25, 0.3) is 0 Å². The second-order valence-electron chi connectivity index (χ2n) is 6.44. The highest BCUT2D eigenvalue weighted by molar-refractivity contribution is 5.23.